The first kappa shape index (κ1) is 52.1. The van der Waals surface area contributed by atoms with Crippen molar-refractivity contribution in [2.24, 2.45) is 0 Å². The van der Waals surface area contributed by atoms with E-state index in [0.29, 0.717) is 19.3 Å². The lowest BCUT2D eigenvalue weighted by molar-refractivity contribution is -0.220. The maximum absolute atomic E-state index is 12.8. The summed E-state index contributed by atoms with van der Waals surface area (Å²) in [5.41, 5.74) is 0. The van der Waals surface area contributed by atoms with Crippen LogP contribution in [0.15, 0.2) is 36.5 Å². The minimum Gasteiger partial charge on any atom is -0.462 e. The van der Waals surface area contributed by atoms with Gasteiger partial charge in [-0.2, -0.15) is 0 Å². The Morgan fingerprint density at radius 3 is 1.52 bits per heavy atom. The summed E-state index contributed by atoms with van der Waals surface area (Å²) in [5, 5.41) is 50.0. The van der Waals surface area contributed by atoms with Crippen molar-refractivity contribution in [1.82, 2.24) is 0 Å². The molecule has 1 saturated carbocycles. The van der Waals surface area contributed by atoms with E-state index in [2.05, 4.69) is 38.2 Å². The molecule has 0 aliphatic heterocycles. The lowest BCUT2D eigenvalue weighted by Crippen LogP contribution is -2.64. The Morgan fingerprint density at radius 2 is 0.982 bits per heavy atom. The van der Waals surface area contributed by atoms with Crippen LogP contribution in [0.3, 0.4) is 0 Å². The standard InChI is InChI=1S/C42H75O13P/c1-3-5-7-9-11-13-15-16-17-18-19-20-21-23-24-26-28-30-35(43)52-32-34(54-36(44)31-29-27-25-22-14-12-10-8-6-4-2)33-53-56(50,51)55-42-40(48)38(46)37(45)39(47)41(42)49/h16-17,19-20,23-24,34,37-42,45-49H,3-15,18,21-22,25-33H2,1-2H3,(H,50,51)/b17-16+,20-19+,24-23+/t34-,37?,38-,39?,40?,41?,42?/m0/s1. The lowest BCUT2D eigenvalue weighted by Gasteiger charge is -2.41. The number of carbonyl (C=O) groups is 2. The largest absolute Gasteiger partial charge is 0.472 e. The molecule has 13 nitrogen and oxygen atoms in total. The highest BCUT2D eigenvalue weighted by atomic mass is 31.2. The highest BCUT2D eigenvalue weighted by Crippen LogP contribution is 2.47. The van der Waals surface area contributed by atoms with Crippen LogP contribution in [0.4, 0.5) is 0 Å². The second-order valence-corrected chi connectivity index (χ2v) is 16.3. The van der Waals surface area contributed by atoms with Crippen molar-refractivity contribution in [2.45, 2.75) is 204 Å². The zero-order valence-electron chi connectivity index (χ0n) is 34.2. The normalized spacial score (nSPS) is 23.2. The first-order chi connectivity index (χ1) is 26.9. The molecule has 1 aliphatic carbocycles. The van der Waals surface area contributed by atoms with Crippen LogP contribution in [0.5, 0.6) is 0 Å². The zero-order valence-corrected chi connectivity index (χ0v) is 35.1. The van der Waals surface area contributed by atoms with Crippen molar-refractivity contribution in [3.63, 3.8) is 0 Å². The van der Waals surface area contributed by atoms with Gasteiger partial charge in [-0.25, -0.2) is 4.57 Å². The Balaban J connectivity index is 2.52. The second-order valence-electron chi connectivity index (χ2n) is 14.8. The fourth-order valence-corrected chi connectivity index (χ4v) is 7.22. The fourth-order valence-electron chi connectivity index (χ4n) is 6.24. The van der Waals surface area contributed by atoms with E-state index in [1.165, 1.54) is 70.6 Å². The summed E-state index contributed by atoms with van der Waals surface area (Å²) in [6.45, 7) is 3.21. The van der Waals surface area contributed by atoms with Crippen molar-refractivity contribution in [3.05, 3.63) is 36.5 Å². The Bertz CT molecular complexity index is 1130. The van der Waals surface area contributed by atoms with Crippen LogP contribution < -0.4 is 0 Å². The molecule has 1 aliphatic rings. The average molecular weight is 819 g/mol. The maximum Gasteiger partial charge on any atom is 0.472 e. The van der Waals surface area contributed by atoms with Gasteiger partial charge in [-0.05, 0) is 44.9 Å². The summed E-state index contributed by atoms with van der Waals surface area (Å²) in [5.74, 6) is -1.16. The third-order valence-corrected chi connectivity index (χ3v) is 10.7. The number of rotatable bonds is 34. The molecule has 0 spiro atoms. The van der Waals surface area contributed by atoms with E-state index in [-0.39, 0.29) is 12.8 Å². The molecule has 0 saturated heterocycles. The van der Waals surface area contributed by atoms with E-state index in [9.17, 15) is 44.6 Å². The van der Waals surface area contributed by atoms with Crippen molar-refractivity contribution in [1.29, 1.82) is 0 Å². The van der Waals surface area contributed by atoms with Gasteiger partial charge < -0.3 is 39.9 Å². The highest BCUT2D eigenvalue weighted by molar-refractivity contribution is 7.47. The summed E-state index contributed by atoms with van der Waals surface area (Å²) < 4.78 is 33.3. The van der Waals surface area contributed by atoms with Gasteiger partial charge >= 0.3 is 19.8 Å². The topological polar surface area (TPSA) is 210 Å². The number of unbranched alkanes of at least 4 members (excludes halogenated alkanes) is 16. The van der Waals surface area contributed by atoms with Crippen LogP contribution in [0, 0.1) is 0 Å². The van der Waals surface area contributed by atoms with Gasteiger partial charge in [0, 0.05) is 12.8 Å². The molecule has 326 valence electrons. The molecule has 0 radical (unpaired) electrons. The Morgan fingerprint density at radius 1 is 0.554 bits per heavy atom. The summed E-state index contributed by atoms with van der Waals surface area (Å²) in [7, 11) is -5.12. The number of aliphatic hydroxyl groups excluding tert-OH is 5. The SMILES string of the molecule is CCCCCCCC/C=C/C/C=C/C/C=C/CCCC(=O)OC[C@@H](COP(=O)(O)OC1C(O)C(O)C(O)[C@H](O)C1O)OC(=O)CCCCCCCCCCCC. The molecule has 0 bridgehead atoms. The minimum absolute atomic E-state index is 0.0876. The molecule has 6 N–H and O–H groups in total. The van der Waals surface area contributed by atoms with E-state index in [0.717, 1.165) is 44.9 Å². The van der Waals surface area contributed by atoms with Crippen LogP contribution in [0.2, 0.25) is 0 Å². The summed E-state index contributed by atoms with van der Waals surface area (Å²) >= 11 is 0. The average Bonchev–Trinajstić information content (AvgIpc) is 3.18. The monoisotopic (exact) mass is 818 g/mol. The van der Waals surface area contributed by atoms with E-state index in [4.69, 9.17) is 18.5 Å². The predicted molar refractivity (Wildman–Crippen MR) is 216 cm³/mol. The predicted octanol–water partition coefficient (Wildman–Crippen LogP) is 7.44. The number of aliphatic hydroxyl groups is 5. The number of phosphoric ester groups is 1. The molecule has 0 aromatic rings. The molecule has 56 heavy (non-hydrogen) atoms. The molecule has 0 aromatic heterocycles. The minimum atomic E-state index is -5.12. The maximum atomic E-state index is 12.8. The number of phosphoric acid groups is 1. The molecular weight excluding hydrogens is 743 g/mol. The molecule has 0 heterocycles. The molecule has 14 heteroatoms. The molecular formula is C42H75O13P. The van der Waals surface area contributed by atoms with Crippen molar-refractivity contribution < 1.29 is 63.1 Å². The number of hydrogen-bond donors (Lipinski definition) is 6. The number of esters is 2. The molecule has 1 rings (SSSR count). The van der Waals surface area contributed by atoms with Crippen LogP contribution in [0.1, 0.15) is 162 Å². The number of ether oxygens (including phenoxy) is 2. The van der Waals surface area contributed by atoms with E-state index < -0.39 is 75.7 Å². The van der Waals surface area contributed by atoms with E-state index in [1.54, 1.807) is 0 Å². The Labute approximate surface area is 336 Å². The van der Waals surface area contributed by atoms with E-state index in [1.807, 2.05) is 12.2 Å². The molecule has 1 fully saturated rings. The number of hydrogen-bond acceptors (Lipinski definition) is 12. The van der Waals surface area contributed by atoms with E-state index >= 15 is 0 Å². The molecule has 8 atom stereocenters. The van der Waals surface area contributed by atoms with Gasteiger partial charge in [-0.15, -0.1) is 0 Å². The van der Waals surface area contributed by atoms with Gasteiger partial charge in [0.1, 0.15) is 43.2 Å². The van der Waals surface area contributed by atoms with Crippen LogP contribution >= 0.6 is 7.82 Å². The summed E-state index contributed by atoms with van der Waals surface area (Å²) in [6.07, 6.45) is 22.3. The zero-order chi connectivity index (χ0) is 41.4. The number of allylic oxidation sites excluding steroid dienone is 6. The quantitative estimate of drug-likeness (QED) is 0.0162. The van der Waals surface area contributed by atoms with Crippen molar-refractivity contribution >= 4 is 19.8 Å². The molecule has 6 unspecified atom stereocenters. The third-order valence-electron chi connectivity index (χ3n) is 9.73. The smallest absolute Gasteiger partial charge is 0.462 e. The Hall–Kier alpha value is -1.93. The van der Waals surface area contributed by atoms with Crippen LogP contribution in [-0.2, 0) is 32.7 Å². The third kappa shape index (κ3) is 25.4. The van der Waals surface area contributed by atoms with Crippen LogP contribution in [-0.4, -0.2) is 98.3 Å². The first-order valence-electron chi connectivity index (χ1n) is 21.3. The van der Waals surface area contributed by atoms with Gasteiger partial charge in [-0.1, -0.05) is 140 Å². The van der Waals surface area contributed by atoms with Gasteiger partial charge in [0.15, 0.2) is 6.10 Å². The van der Waals surface area contributed by atoms with Gasteiger partial charge in [-0.3, -0.25) is 18.6 Å². The van der Waals surface area contributed by atoms with Gasteiger partial charge in [0.05, 0.1) is 6.61 Å². The van der Waals surface area contributed by atoms with Crippen LogP contribution in [0.25, 0.3) is 0 Å². The van der Waals surface area contributed by atoms with Gasteiger partial charge in [0.25, 0.3) is 0 Å². The second kappa shape index (κ2) is 33.0. The molecule has 0 amide bonds. The van der Waals surface area contributed by atoms with Crippen molar-refractivity contribution in [2.75, 3.05) is 13.2 Å². The Kier molecular flexibility index (Phi) is 30.7. The fraction of sp³-hybridized carbons (Fsp3) is 0.810. The summed E-state index contributed by atoms with van der Waals surface area (Å²) in [6, 6.07) is 0. The van der Waals surface area contributed by atoms with Gasteiger partial charge in [0.2, 0.25) is 0 Å². The molecule has 0 aromatic carbocycles. The number of carbonyl (C=O) groups excluding carboxylic acids is 2. The first-order valence-corrected chi connectivity index (χ1v) is 22.8. The lowest BCUT2D eigenvalue weighted by atomic mass is 9.85. The summed E-state index contributed by atoms with van der Waals surface area (Å²) in [4.78, 5) is 35.5. The van der Waals surface area contributed by atoms with Crippen molar-refractivity contribution in [3.8, 4) is 0 Å². The highest BCUT2D eigenvalue weighted by Gasteiger charge is 2.51.